The van der Waals surface area contributed by atoms with Crippen molar-refractivity contribution in [2.24, 2.45) is 11.8 Å². The second-order valence-corrected chi connectivity index (χ2v) is 4.78. The molecule has 1 aromatic heterocycles. The standard InChI is InChI=1S/C14H20N2O3/c1-4-9(2)10(3)12(14(18)19)16-13(17)11-6-5-7-15-8-11/h5-10,12H,4H2,1-3H3,(H,16,17)(H,18,19). The molecule has 3 atom stereocenters. The minimum atomic E-state index is -1.01. The molecular weight excluding hydrogens is 244 g/mol. The summed E-state index contributed by atoms with van der Waals surface area (Å²) in [5, 5.41) is 11.8. The largest absolute Gasteiger partial charge is 0.480 e. The highest BCUT2D eigenvalue weighted by Gasteiger charge is 2.29. The van der Waals surface area contributed by atoms with E-state index in [1.54, 1.807) is 18.3 Å². The van der Waals surface area contributed by atoms with Gasteiger partial charge >= 0.3 is 5.97 Å². The number of rotatable bonds is 6. The molecule has 0 fully saturated rings. The van der Waals surface area contributed by atoms with E-state index in [0.29, 0.717) is 5.56 Å². The van der Waals surface area contributed by atoms with Gasteiger partial charge in [-0.15, -0.1) is 0 Å². The second-order valence-electron chi connectivity index (χ2n) is 4.78. The molecule has 0 saturated carbocycles. The van der Waals surface area contributed by atoms with E-state index in [9.17, 15) is 14.7 Å². The van der Waals surface area contributed by atoms with Crippen LogP contribution in [0.5, 0.6) is 0 Å². The van der Waals surface area contributed by atoms with Gasteiger partial charge in [0.2, 0.25) is 0 Å². The number of hydrogen-bond donors (Lipinski definition) is 2. The predicted molar refractivity (Wildman–Crippen MR) is 71.7 cm³/mol. The highest BCUT2D eigenvalue weighted by molar-refractivity contribution is 5.96. The first-order chi connectivity index (χ1) is 8.97. The van der Waals surface area contributed by atoms with Crippen molar-refractivity contribution in [2.75, 3.05) is 0 Å². The van der Waals surface area contributed by atoms with Crippen LogP contribution in [-0.4, -0.2) is 28.0 Å². The van der Waals surface area contributed by atoms with E-state index in [1.807, 2.05) is 20.8 Å². The number of pyridine rings is 1. The van der Waals surface area contributed by atoms with Gasteiger partial charge in [0.15, 0.2) is 0 Å². The first kappa shape index (κ1) is 15.1. The summed E-state index contributed by atoms with van der Waals surface area (Å²) in [5.41, 5.74) is 0.366. The summed E-state index contributed by atoms with van der Waals surface area (Å²) in [5.74, 6) is -1.33. The number of aliphatic carboxylic acids is 1. The van der Waals surface area contributed by atoms with E-state index >= 15 is 0 Å². The fraction of sp³-hybridized carbons (Fsp3) is 0.500. The van der Waals surface area contributed by atoms with E-state index in [4.69, 9.17) is 0 Å². The maximum Gasteiger partial charge on any atom is 0.326 e. The molecule has 104 valence electrons. The Kier molecular flexibility index (Phi) is 5.48. The zero-order chi connectivity index (χ0) is 14.4. The molecule has 0 aliphatic carbocycles. The van der Waals surface area contributed by atoms with Gasteiger partial charge in [0.1, 0.15) is 6.04 Å². The van der Waals surface area contributed by atoms with Crippen molar-refractivity contribution in [2.45, 2.75) is 33.2 Å². The Labute approximate surface area is 113 Å². The fourth-order valence-corrected chi connectivity index (χ4v) is 1.84. The van der Waals surface area contributed by atoms with Gasteiger partial charge in [0.05, 0.1) is 5.56 Å². The average molecular weight is 264 g/mol. The van der Waals surface area contributed by atoms with Crippen molar-refractivity contribution in [1.82, 2.24) is 10.3 Å². The molecule has 0 spiro atoms. The minimum Gasteiger partial charge on any atom is -0.480 e. The zero-order valence-electron chi connectivity index (χ0n) is 11.5. The number of nitrogens with one attached hydrogen (secondary N) is 1. The van der Waals surface area contributed by atoms with Crippen LogP contribution in [0.15, 0.2) is 24.5 Å². The average Bonchev–Trinajstić information content (AvgIpc) is 2.43. The highest BCUT2D eigenvalue weighted by Crippen LogP contribution is 2.19. The van der Waals surface area contributed by atoms with Gasteiger partial charge in [0, 0.05) is 12.4 Å². The smallest absolute Gasteiger partial charge is 0.326 e. The minimum absolute atomic E-state index is 0.136. The number of carbonyl (C=O) groups is 2. The first-order valence-electron chi connectivity index (χ1n) is 6.41. The van der Waals surface area contributed by atoms with Gasteiger partial charge in [-0.3, -0.25) is 9.78 Å². The van der Waals surface area contributed by atoms with Crippen LogP contribution in [0.4, 0.5) is 0 Å². The Morgan fingerprint density at radius 3 is 2.58 bits per heavy atom. The SMILES string of the molecule is CCC(C)C(C)C(NC(=O)c1cccnc1)C(=O)O. The monoisotopic (exact) mass is 264 g/mol. The Morgan fingerprint density at radius 2 is 2.11 bits per heavy atom. The molecule has 0 aromatic carbocycles. The van der Waals surface area contributed by atoms with Crippen LogP contribution in [0.25, 0.3) is 0 Å². The van der Waals surface area contributed by atoms with Crippen LogP contribution in [0, 0.1) is 11.8 Å². The molecule has 1 heterocycles. The molecule has 5 nitrogen and oxygen atoms in total. The summed E-state index contributed by atoms with van der Waals surface area (Å²) >= 11 is 0. The Morgan fingerprint density at radius 1 is 1.42 bits per heavy atom. The number of carboxylic acid groups (broad SMARTS) is 1. The van der Waals surface area contributed by atoms with E-state index in [2.05, 4.69) is 10.3 Å². The third kappa shape index (κ3) is 4.05. The van der Waals surface area contributed by atoms with E-state index < -0.39 is 17.9 Å². The van der Waals surface area contributed by atoms with Gasteiger partial charge in [-0.25, -0.2) is 4.79 Å². The topological polar surface area (TPSA) is 79.3 Å². The Bertz CT molecular complexity index is 434. The first-order valence-corrected chi connectivity index (χ1v) is 6.41. The molecular formula is C14H20N2O3. The van der Waals surface area contributed by atoms with Gasteiger partial charge in [-0.2, -0.15) is 0 Å². The number of carboxylic acids is 1. The lowest BCUT2D eigenvalue weighted by atomic mass is 9.87. The summed E-state index contributed by atoms with van der Waals surface area (Å²) < 4.78 is 0. The van der Waals surface area contributed by atoms with Crippen molar-refractivity contribution in [3.8, 4) is 0 Å². The molecule has 19 heavy (non-hydrogen) atoms. The van der Waals surface area contributed by atoms with Gasteiger partial charge in [-0.05, 0) is 24.0 Å². The van der Waals surface area contributed by atoms with Crippen molar-refractivity contribution >= 4 is 11.9 Å². The van der Waals surface area contributed by atoms with Crippen LogP contribution < -0.4 is 5.32 Å². The lowest BCUT2D eigenvalue weighted by Gasteiger charge is -2.26. The second kappa shape index (κ2) is 6.87. The number of aromatic nitrogens is 1. The van der Waals surface area contributed by atoms with Crippen LogP contribution in [0.2, 0.25) is 0 Å². The molecule has 5 heteroatoms. The summed E-state index contributed by atoms with van der Waals surface area (Å²) in [6.07, 6.45) is 3.85. The molecule has 0 radical (unpaired) electrons. The van der Waals surface area contributed by atoms with Crippen LogP contribution in [0.1, 0.15) is 37.6 Å². The molecule has 0 bridgehead atoms. The van der Waals surface area contributed by atoms with Crippen molar-refractivity contribution in [3.63, 3.8) is 0 Å². The molecule has 2 N–H and O–H groups in total. The van der Waals surface area contributed by atoms with Crippen molar-refractivity contribution in [3.05, 3.63) is 30.1 Å². The van der Waals surface area contributed by atoms with E-state index in [-0.39, 0.29) is 11.8 Å². The van der Waals surface area contributed by atoms with Crippen LogP contribution >= 0.6 is 0 Å². The van der Waals surface area contributed by atoms with E-state index in [0.717, 1.165) is 6.42 Å². The predicted octanol–water partition coefficient (Wildman–Crippen LogP) is 1.95. The maximum atomic E-state index is 12.0. The molecule has 0 aliphatic heterocycles. The third-order valence-electron chi connectivity index (χ3n) is 3.54. The molecule has 1 amide bonds. The molecule has 0 saturated heterocycles. The lowest BCUT2D eigenvalue weighted by Crippen LogP contribution is -2.46. The molecule has 1 rings (SSSR count). The van der Waals surface area contributed by atoms with Crippen LogP contribution in [-0.2, 0) is 4.79 Å². The maximum absolute atomic E-state index is 12.0. The lowest BCUT2D eigenvalue weighted by molar-refractivity contribution is -0.141. The van der Waals surface area contributed by atoms with E-state index in [1.165, 1.54) is 6.20 Å². The highest BCUT2D eigenvalue weighted by atomic mass is 16.4. The van der Waals surface area contributed by atoms with Gasteiger partial charge < -0.3 is 10.4 Å². The Balaban J connectivity index is 2.80. The van der Waals surface area contributed by atoms with Gasteiger partial charge in [0.25, 0.3) is 5.91 Å². The molecule has 0 aliphatic rings. The van der Waals surface area contributed by atoms with Crippen LogP contribution in [0.3, 0.4) is 0 Å². The van der Waals surface area contributed by atoms with Gasteiger partial charge in [-0.1, -0.05) is 27.2 Å². The molecule has 3 unspecified atom stereocenters. The van der Waals surface area contributed by atoms with Crippen molar-refractivity contribution in [1.29, 1.82) is 0 Å². The quantitative estimate of drug-likeness (QED) is 0.823. The third-order valence-corrected chi connectivity index (χ3v) is 3.54. The number of carbonyl (C=O) groups excluding carboxylic acids is 1. The fourth-order valence-electron chi connectivity index (χ4n) is 1.84. The Hall–Kier alpha value is -1.91. The van der Waals surface area contributed by atoms with Crippen molar-refractivity contribution < 1.29 is 14.7 Å². The summed E-state index contributed by atoms with van der Waals surface area (Å²) in [4.78, 5) is 27.1. The summed E-state index contributed by atoms with van der Waals surface area (Å²) in [7, 11) is 0. The zero-order valence-corrected chi connectivity index (χ0v) is 11.5. The molecule has 1 aromatic rings. The number of amides is 1. The number of hydrogen-bond acceptors (Lipinski definition) is 3. The summed E-state index contributed by atoms with van der Waals surface area (Å²) in [6.45, 7) is 5.83. The normalized spacial score (nSPS) is 15.3. The summed E-state index contributed by atoms with van der Waals surface area (Å²) in [6, 6.07) is 2.36. The number of nitrogens with zero attached hydrogens (tertiary/aromatic N) is 1.